The van der Waals surface area contributed by atoms with E-state index < -0.39 is 0 Å². The summed E-state index contributed by atoms with van der Waals surface area (Å²) in [6.07, 6.45) is 4.84. The summed E-state index contributed by atoms with van der Waals surface area (Å²) in [5, 5.41) is 20.0. The molecule has 0 aliphatic carbocycles. The molecule has 0 atom stereocenters. The van der Waals surface area contributed by atoms with Crippen LogP contribution in [0.1, 0.15) is 22.3 Å². The molecule has 0 aliphatic heterocycles. The van der Waals surface area contributed by atoms with E-state index >= 15 is 0 Å². The minimum absolute atomic E-state index is 0.307. The summed E-state index contributed by atoms with van der Waals surface area (Å²) in [7, 11) is 0. The van der Waals surface area contributed by atoms with Crippen LogP contribution in [0.5, 0.6) is 11.5 Å². The molecule has 120 valence electrons. The molecule has 0 radical (unpaired) electrons. The van der Waals surface area contributed by atoms with Crippen LogP contribution < -0.4 is 0 Å². The molecule has 0 bridgehead atoms. The van der Waals surface area contributed by atoms with E-state index in [1.807, 2.05) is 26.0 Å². The Morgan fingerprint density at radius 1 is 0.826 bits per heavy atom. The number of rotatable bonds is 6. The van der Waals surface area contributed by atoms with Crippen molar-refractivity contribution in [2.45, 2.75) is 36.5 Å². The topological polar surface area (TPSA) is 40.5 Å². The van der Waals surface area contributed by atoms with Crippen LogP contribution in [0, 0.1) is 13.8 Å². The van der Waals surface area contributed by atoms with Gasteiger partial charge in [-0.3, -0.25) is 0 Å². The van der Waals surface area contributed by atoms with Gasteiger partial charge in [-0.2, -0.15) is 0 Å². The zero-order chi connectivity index (χ0) is 17.0. The molecule has 2 aromatic carbocycles. The first kappa shape index (κ1) is 17.2. The summed E-state index contributed by atoms with van der Waals surface area (Å²) in [4.78, 5) is 2.19. The summed E-state index contributed by atoms with van der Waals surface area (Å²) in [6.45, 7) is 11.4. The smallest absolute Gasteiger partial charge is 0.119 e. The Morgan fingerprint density at radius 3 is 1.57 bits per heavy atom. The highest BCUT2D eigenvalue weighted by molar-refractivity contribution is 7.99. The Labute approximate surface area is 142 Å². The Kier molecular flexibility index (Phi) is 5.56. The number of phenolic OH excluding ortho intramolecular Hbond substituents is 2. The number of phenols is 2. The van der Waals surface area contributed by atoms with Crippen molar-refractivity contribution in [3.8, 4) is 11.5 Å². The Morgan fingerprint density at radius 2 is 1.22 bits per heavy atom. The third-order valence-corrected chi connectivity index (χ3v) is 5.02. The summed E-state index contributed by atoms with van der Waals surface area (Å²) in [5.74, 6) is 0.614. The fraction of sp³-hybridized carbons (Fsp3) is 0.200. The minimum Gasteiger partial charge on any atom is -0.508 e. The summed E-state index contributed by atoms with van der Waals surface area (Å²) in [6, 6.07) is 7.61. The molecule has 0 amide bonds. The number of allylic oxidation sites excluding steroid dienone is 2. The van der Waals surface area contributed by atoms with Crippen molar-refractivity contribution in [2.24, 2.45) is 0 Å². The molecule has 0 saturated carbocycles. The highest BCUT2D eigenvalue weighted by Crippen LogP contribution is 2.38. The average molecular weight is 326 g/mol. The van der Waals surface area contributed by atoms with E-state index in [0.717, 1.165) is 32.0 Å². The molecule has 3 heteroatoms. The maximum absolute atomic E-state index is 10.0. The number of aromatic hydroxyl groups is 2. The third kappa shape index (κ3) is 3.99. The van der Waals surface area contributed by atoms with E-state index in [-0.39, 0.29) is 0 Å². The number of benzene rings is 2. The van der Waals surface area contributed by atoms with Crippen LogP contribution in [-0.2, 0) is 12.8 Å². The van der Waals surface area contributed by atoms with Gasteiger partial charge in [-0.1, -0.05) is 23.9 Å². The van der Waals surface area contributed by atoms with Gasteiger partial charge >= 0.3 is 0 Å². The lowest BCUT2D eigenvalue weighted by atomic mass is 10.1. The lowest BCUT2D eigenvalue weighted by Gasteiger charge is -2.13. The van der Waals surface area contributed by atoms with Crippen LogP contribution in [-0.4, -0.2) is 10.2 Å². The molecule has 2 nitrogen and oxygen atoms in total. The SMILES string of the molecule is C=CCc1cc(Sc2cc(CC=C)c(O)cc2C)c(C)cc1O. The summed E-state index contributed by atoms with van der Waals surface area (Å²) >= 11 is 1.65. The van der Waals surface area contributed by atoms with Gasteiger partial charge in [0.25, 0.3) is 0 Å². The standard InChI is InChI=1S/C20H22O2S/c1-5-7-15-11-19(13(3)9-17(15)21)23-20-12-16(8-6-2)18(22)10-14(20)4/h5-6,9-12,21-22H,1-2,7-8H2,3-4H3. The van der Waals surface area contributed by atoms with E-state index in [9.17, 15) is 10.2 Å². The maximum Gasteiger partial charge on any atom is 0.119 e. The minimum atomic E-state index is 0.307. The number of hydrogen-bond donors (Lipinski definition) is 2. The van der Waals surface area contributed by atoms with Crippen LogP contribution >= 0.6 is 11.8 Å². The van der Waals surface area contributed by atoms with E-state index in [1.54, 1.807) is 36.0 Å². The van der Waals surface area contributed by atoms with Crippen LogP contribution in [0.15, 0.2) is 59.4 Å². The maximum atomic E-state index is 10.0. The molecule has 0 heterocycles. The predicted molar refractivity (Wildman–Crippen MR) is 97.6 cm³/mol. The highest BCUT2D eigenvalue weighted by Gasteiger charge is 2.11. The van der Waals surface area contributed by atoms with Crippen LogP contribution in [0.25, 0.3) is 0 Å². The van der Waals surface area contributed by atoms with Crippen molar-refractivity contribution >= 4 is 11.8 Å². The fourth-order valence-electron chi connectivity index (χ4n) is 2.41. The second kappa shape index (κ2) is 7.42. The lowest BCUT2D eigenvalue weighted by Crippen LogP contribution is -1.91. The van der Waals surface area contributed by atoms with E-state index in [1.165, 1.54) is 0 Å². The van der Waals surface area contributed by atoms with Gasteiger partial charge in [0.15, 0.2) is 0 Å². The Balaban J connectivity index is 2.42. The Bertz CT molecular complexity index is 684. The van der Waals surface area contributed by atoms with E-state index in [4.69, 9.17) is 0 Å². The zero-order valence-corrected chi connectivity index (χ0v) is 14.4. The van der Waals surface area contributed by atoms with E-state index in [0.29, 0.717) is 24.3 Å². The summed E-state index contributed by atoms with van der Waals surface area (Å²) < 4.78 is 0. The Hall–Kier alpha value is -2.13. The van der Waals surface area contributed by atoms with Crippen LogP contribution in [0.2, 0.25) is 0 Å². The average Bonchev–Trinajstić information content (AvgIpc) is 2.49. The zero-order valence-electron chi connectivity index (χ0n) is 13.6. The molecular weight excluding hydrogens is 304 g/mol. The normalized spacial score (nSPS) is 10.5. The number of hydrogen-bond acceptors (Lipinski definition) is 3. The van der Waals surface area contributed by atoms with Gasteiger partial charge in [0.1, 0.15) is 11.5 Å². The van der Waals surface area contributed by atoms with Gasteiger partial charge < -0.3 is 10.2 Å². The second-order valence-electron chi connectivity index (χ2n) is 5.58. The first-order valence-electron chi connectivity index (χ1n) is 7.50. The van der Waals surface area contributed by atoms with Crippen molar-refractivity contribution in [1.82, 2.24) is 0 Å². The lowest BCUT2D eigenvalue weighted by molar-refractivity contribution is 0.468. The van der Waals surface area contributed by atoms with Crippen molar-refractivity contribution in [1.29, 1.82) is 0 Å². The molecule has 0 aliphatic rings. The summed E-state index contributed by atoms with van der Waals surface area (Å²) in [5.41, 5.74) is 3.79. The van der Waals surface area contributed by atoms with Crippen molar-refractivity contribution in [3.63, 3.8) is 0 Å². The predicted octanol–water partition coefficient (Wildman–Crippen LogP) is 5.32. The second-order valence-corrected chi connectivity index (χ2v) is 6.66. The molecule has 2 rings (SSSR count). The van der Waals surface area contributed by atoms with Crippen molar-refractivity contribution in [2.75, 3.05) is 0 Å². The monoisotopic (exact) mass is 326 g/mol. The first-order chi connectivity index (χ1) is 11.0. The fourth-order valence-corrected chi connectivity index (χ4v) is 3.49. The van der Waals surface area contributed by atoms with Gasteiger partial charge in [-0.05, 0) is 73.2 Å². The molecule has 0 spiro atoms. The molecule has 0 unspecified atom stereocenters. The molecule has 0 fully saturated rings. The number of aryl methyl sites for hydroxylation is 2. The van der Waals surface area contributed by atoms with Gasteiger partial charge in [0.2, 0.25) is 0 Å². The van der Waals surface area contributed by atoms with Crippen molar-refractivity contribution in [3.05, 3.63) is 71.8 Å². The van der Waals surface area contributed by atoms with Crippen LogP contribution in [0.3, 0.4) is 0 Å². The quantitative estimate of drug-likeness (QED) is 0.706. The van der Waals surface area contributed by atoms with Gasteiger partial charge in [-0.25, -0.2) is 0 Å². The van der Waals surface area contributed by atoms with Gasteiger partial charge in [0, 0.05) is 9.79 Å². The molecular formula is C20H22O2S. The van der Waals surface area contributed by atoms with Crippen molar-refractivity contribution < 1.29 is 10.2 Å². The van der Waals surface area contributed by atoms with E-state index in [2.05, 4.69) is 13.2 Å². The van der Waals surface area contributed by atoms with Gasteiger partial charge in [-0.15, -0.1) is 13.2 Å². The molecule has 0 saturated heterocycles. The largest absolute Gasteiger partial charge is 0.508 e. The molecule has 2 aromatic rings. The third-order valence-electron chi connectivity index (χ3n) is 3.70. The molecule has 0 aromatic heterocycles. The van der Waals surface area contributed by atoms with Crippen LogP contribution in [0.4, 0.5) is 0 Å². The molecule has 2 N–H and O–H groups in total. The molecule has 23 heavy (non-hydrogen) atoms. The van der Waals surface area contributed by atoms with Gasteiger partial charge in [0.05, 0.1) is 0 Å². The first-order valence-corrected chi connectivity index (χ1v) is 8.32. The highest BCUT2D eigenvalue weighted by atomic mass is 32.2.